The summed E-state index contributed by atoms with van der Waals surface area (Å²) >= 11 is 3.51. The SMILES string of the molecule is BrOBr.[BiH3].[O]=[Bi][Cl]. The number of halogens is 3. The van der Waals surface area contributed by atoms with Gasteiger partial charge in [0.25, 0.3) is 0 Å². The molecule has 0 aromatic heterocycles. The van der Waals surface area contributed by atoms with E-state index in [1.165, 1.54) is 0 Å². The van der Waals surface area contributed by atoms with Crippen LogP contribution in [-0.2, 0) is 5.73 Å². The molecule has 0 spiro atoms. The summed E-state index contributed by atoms with van der Waals surface area (Å²) in [5.74, 6) is 0. The second-order valence-corrected chi connectivity index (χ2v) is 3.39. The molecule has 0 radical (unpaired) electrons. The van der Waals surface area contributed by atoms with Crippen LogP contribution in [0.2, 0.25) is 0 Å². The summed E-state index contributed by atoms with van der Waals surface area (Å²) in [6.45, 7) is 0. The third kappa shape index (κ3) is 52.3. The van der Waals surface area contributed by atoms with Crippen molar-refractivity contribution in [2.45, 2.75) is 0 Å². The van der Waals surface area contributed by atoms with Crippen molar-refractivity contribution in [2.75, 3.05) is 0 Å². The summed E-state index contributed by atoms with van der Waals surface area (Å²) in [4.78, 5) is 0. The van der Waals surface area contributed by atoms with Gasteiger partial charge in [-0.15, -0.1) is 0 Å². The Balaban J connectivity index is -0.0000000400. The predicted molar refractivity (Wildman–Crippen MR) is 41.2 cm³/mol. The Morgan fingerprint density at radius 3 is 1.57 bits per heavy atom. The molecule has 46 valence electrons. The van der Waals surface area contributed by atoms with Crippen LogP contribution in [0.15, 0.2) is 0 Å². The van der Waals surface area contributed by atoms with Crippen molar-refractivity contribution in [3.05, 3.63) is 0 Å². The molecule has 0 amide bonds. The van der Waals surface area contributed by atoms with Crippen molar-refractivity contribution in [3.8, 4) is 0 Å². The van der Waals surface area contributed by atoms with Gasteiger partial charge < -0.3 is 0 Å². The molecule has 0 bridgehead atoms. The molecule has 0 heterocycles. The summed E-state index contributed by atoms with van der Waals surface area (Å²) in [5.41, 5.74) is 0. The molecule has 0 fully saturated rings. The van der Waals surface area contributed by atoms with Gasteiger partial charge in [0.05, 0.1) is 0 Å². The van der Waals surface area contributed by atoms with E-state index in [0.717, 1.165) is 0 Å². The Morgan fingerprint density at radius 2 is 1.57 bits per heavy atom. The summed E-state index contributed by atoms with van der Waals surface area (Å²) < 4.78 is 12.8. The van der Waals surface area contributed by atoms with Gasteiger partial charge in [-0.25, -0.2) is 2.92 Å². The third-order valence-electron chi connectivity index (χ3n) is 0. The van der Waals surface area contributed by atoms with Crippen LogP contribution in [-0.4, -0.2) is 48.2 Å². The van der Waals surface area contributed by atoms with Gasteiger partial charge in [-0.3, -0.25) is 0 Å². The molecule has 7 heavy (non-hydrogen) atoms. The van der Waals surface area contributed by atoms with Crippen molar-refractivity contribution in [3.63, 3.8) is 0 Å². The number of rotatable bonds is 0. The van der Waals surface area contributed by atoms with Crippen LogP contribution < -0.4 is 0 Å². The van der Waals surface area contributed by atoms with Crippen LogP contribution in [0.25, 0.3) is 0 Å². The zero-order valence-electron chi connectivity index (χ0n) is 3.10. The molecule has 0 saturated heterocycles. The summed E-state index contributed by atoms with van der Waals surface area (Å²) in [5, 5.41) is 0. The first-order chi connectivity index (χ1) is 2.83. The van der Waals surface area contributed by atoms with E-state index in [4.69, 9.17) is 2.81 Å². The molecule has 7 heteroatoms. The van der Waals surface area contributed by atoms with Crippen molar-refractivity contribution < 1.29 is 5.73 Å². The first-order valence-corrected chi connectivity index (χ1v) is 7.66. The van der Waals surface area contributed by atoms with Gasteiger partial charge in [-0.1, -0.05) is 0 Å². The number of hydrogen-bond acceptors (Lipinski definition) is 2. The van der Waals surface area contributed by atoms with Crippen molar-refractivity contribution in [2.24, 2.45) is 0 Å². The van der Waals surface area contributed by atoms with Gasteiger partial charge in [0.1, 0.15) is 32.5 Å². The van der Waals surface area contributed by atoms with Crippen molar-refractivity contribution in [1.82, 2.24) is 0 Å². The van der Waals surface area contributed by atoms with Crippen LogP contribution in [0.1, 0.15) is 0 Å². The monoisotopic (exact) mass is 646 g/mol. The maximum absolute atomic E-state index is 8.88. The normalized spacial score (nSPS) is 4.43. The van der Waals surface area contributed by atoms with Gasteiger partial charge in [0, 0.05) is 0 Å². The molecule has 0 saturated carbocycles. The fourth-order valence-corrected chi connectivity index (χ4v) is 0. The topological polar surface area (TPSA) is 26.3 Å². The van der Waals surface area contributed by atoms with Crippen molar-refractivity contribution >= 4 is 89.3 Å². The van der Waals surface area contributed by atoms with Gasteiger partial charge in [-0.05, 0) is 0 Å². The molecule has 0 rings (SSSR count). The molecule has 0 aliphatic heterocycles. The fraction of sp³-hybridized carbons (Fsp3) is 0. The van der Waals surface area contributed by atoms with Crippen LogP contribution in [0.5, 0.6) is 0 Å². The second kappa shape index (κ2) is 23.3. The van der Waals surface area contributed by atoms with E-state index in [9.17, 15) is 0 Å². The molecule has 0 aliphatic rings. The number of hydrogen-bond donors (Lipinski definition) is 0. The van der Waals surface area contributed by atoms with Gasteiger partial charge in [0.15, 0.2) is 0 Å². The van der Waals surface area contributed by atoms with Crippen LogP contribution in [0.4, 0.5) is 0 Å². The Morgan fingerprint density at radius 1 is 1.57 bits per heavy atom. The van der Waals surface area contributed by atoms with Gasteiger partial charge in [-0.2, -0.15) is 0 Å². The average molecular weight is 648 g/mol. The molecule has 0 N–H and O–H groups in total. The molecule has 2 nitrogen and oxygen atoms in total. The average Bonchev–Trinajstić information content (AvgIpc) is 1.39. The Kier molecular flexibility index (Phi) is 54.5. The second-order valence-electron chi connectivity index (χ2n) is 0.127. The van der Waals surface area contributed by atoms with Crippen LogP contribution in [0.3, 0.4) is 0 Å². The Bertz CT molecular complexity index is 27.7. The summed E-state index contributed by atoms with van der Waals surface area (Å²) in [6, 6.07) is 0. The van der Waals surface area contributed by atoms with E-state index >= 15 is 0 Å². The van der Waals surface area contributed by atoms with Gasteiger partial charge >= 0.3 is 59.6 Å². The molecule has 0 aliphatic carbocycles. The van der Waals surface area contributed by atoms with E-state index in [0.29, 0.717) is 0 Å². The summed E-state index contributed by atoms with van der Waals surface area (Å²) in [7, 11) is 4.62. The van der Waals surface area contributed by atoms with Crippen LogP contribution in [0, 0.1) is 0 Å². The van der Waals surface area contributed by atoms with E-state index in [1.807, 2.05) is 0 Å². The molecule has 0 atom stereocenters. The minimum absolute atomic E-state index is 0. The molecule has 0 unspecified atom stereocenters. The summed E-state index contributed by atoms with van der Waals surface area (Å²) in [6.07, 6.45) is 0. The quantitative estimate of drug-likeness (QED) is 0.361. The first-order valence-electron chi connectivity index (χ1n) is 0.660. The third-order valence-corrected chi connectivity index (χ3v) is 0. The minimum atomic E-state index is -1.61. The van der Waals surface area contributed by atoms with E-state index in [1.54, 1.807) is 0 Å². The van der Waals surface area contributed by atoms with Crippen molar-refractivity contribution in [1.29, 1.82) is 0 Å². The zero-order chi connectivity index (χ0) is 5.41. The fourth-order valence-electron chi connectivity index (χ4n) is 0. The van der Waals surface area contributed by atoms with Gasteiger partial charge in [0.2, 0.25) is 0 Å². The molecule has 0 aromatic rings. The molecule has 0 aromatic carbocycles. The van der Waals surface area contributed by atoms with E-state index in [2.05, 4.69) is 43.9 Å². The van der Waals surface area contributed by atoms with E-state index in [-0.39, 0.29) is 26.2 Å². The standard InChI is InChI=1S/2Bi.Br2O.ClH.O.3H/c;;1-3-2;;;;;/h;;;1H;;;;/q;+1;;;;;;/p-1. The Labute approximate surface area is 93.3 Å². The predicted octanol–water partition coefficient (Wildman–Crippen LogP) is 0.629. The molecular weight excluding hydrogens is 645 g/mol. The molecular formula is H3Bi2Br2ClO2. The first kappa shape index (κ1) is 16.4. The Hall–Kier alpha value is 2.78. The van der Waals surface area contributed by atoms with E-state index < -0.39 is 22.0 Å². The van der Waals surface area contributed by atoms with Crippen LogP contribution >= 0.6 is 41.0 Å². The maximum atomic E-state index is 8.88. The zero-order valence-corrected chi connectivity index (χ0v) is 16.0.